The van der Waals surface area contributed by atoms with Gasteiger partial charge in [-0.25, -0.2) is 8.42 Å². The molecule has 0 aliphatic carbocycles. The normalized spacial score (nSPS) is 20.5. The van der Waals surface area contributed by atoms with Crippen LogP contribution in [0.4, 0.5) is 5.69 Å². The summed E-state index contributed by atoms with van der Waals surface area (Å²) in [5, 5.41) is 3.20. The van der Waals surface area contributed by atoms with Crippen LogP contribution < -0.4 is 5.32 Å². The molecule has 0 radical (unpaired) electrons. The van der Waals surface area contributed by atoms with E-state index in [1.165, 1.54) is 0 Å². The lowest BCUT2D eigenvalue weighted by molar-refractivity contribution is -0.133. The van der Waals surface area contributed by atoms with Gasteiger partial charge in [-0.2, -0.15) is 0 Å². The lowest BCUT2D eigenvalue weighted by Crippen LogP contribution is -2.47. The van der Waals surface area contributed by atoms with E-state index in [2.05, 4.69) is 5.32 Å². The number of amides is 1. The minimum Gasteiger partial charge on any atom is -0.380 e. The van der Waals surface area contributed by atoms with Gasteiger partial charge < -0.3 is 15.0 Å². The second kappa shape index (κ2) is 7.98. The molecule has 6 nitrogen and oxygen atoms in total. The monoisotopic (exact) mass is 354 g/mol. The SMILES string of the molecule is CCN(C(=O)C(C)Nc1cccc(COC)c1)C1CCS(=O)(=O)C1. The molecule has 1 N–H and O–H groups in total. The summed E-state index contributed by atoms with van der Waals surface area (Å²) >= 11 is 0. The van der Waals surface area contributed by atoms with Gasteiger partial charge in [0.25, 0.3) is 0 Å². The maximum Gasteiger partial charge on any atom is 0.245 e. The first-order valence-electron chi connectivity index (χ1n) is 8.21. The zero-order valence-corrected chi connectivity index (χ0v) is 15.3. The molecule has 2 rings (SSSR count). The zero-order valence-electron chi connectivity index (χ0n) is 14.5. The Bertz CT molecular complexity index is 675. The van der Waals surface area contributed by atoms with Crippen molar-refractivity contribution in [3.63, 3.8) is 0 Å². The number of carbonyl (C=O) groups excluding carboxylic acids is 1. The van der Waals surface area contributed by atoms with E-state index in [4.69, 9.17) is 4.74 Å². The first-order chi connectivity index (χ1) is 11.4. The van der Waals surface area contributed by atoms with E-state index in [9.17, 15) is 13.2 Å². The van der Waals surface area contributed by atoms with Crippen LogP contribution in [0.2, 0.25) is 0 Å². The smallest absolute Gasteiger partial charge is 0.245 e. The molecule has 1 fully saturated rings. The summed E-state index contributed by atoms with van der Waals surface area (Å²) in [6, 6.07) is 7.09. The third-order valence-corrected chi connectivity index (χ3v) is 6.01. The van der Waals surface area contributed by atoms with Gasteiger partial charge in [-0.15, -0.1) is 0 Å². The molecule has 0 aromatic heterocycles. The number of hydrogen-bond donors (Lipinski definition) is 1. The fourth-order valence-electron chi connectivity index (χ4n) is 3.09. The summed E-state index contributed by atoms with van der Waals surface area (Å²) < 4.78 is 28.5. The van der Waals surface area contributed by atoms with E-state index in [1.807, 2.05) is 31.2 Å². The number of likely N-dealkylation sites (N-methyl/N-ethyl adjacent to an activating group) is 1. The number of benzene rings is 1. The van der Waals surface area contributed by atoms with Crippen LogP contribution in [0, 0.1) is 0 Å². The molecule has 0 saturated carbocycles. The molecule has 0 spiro atoms. The first kappa shape index (κ1) is 18.7. The van der Waals surface area contributed by atoms with Gasteiger partial charge in [0.1, 0.15) is 6.04 Å². The van der Waals surface area contributed by atoms with Crippen LogP contribution in [0.3, 0.4) is 0 Å². The van der Waals surface area contributed by atoms with Gasteiger partial charge in [-0.3, -0.25) is 4.79 Å². The van der Waals surface area contributed by atoms with Crippen molar-refractivity contribution in [1.82, 2.24) is 4.90 Å². The van der Waals surface area contributed by atoms with E-state index in [-0.39, 0.29) is 23.5 Å². The number of hydrogen-bond acceptors (Lipinski definition) is 5. The standard InChI is InChI=1S/C17H26N2O4S/c1-4-19(16-8-9-24(21,22)12-16)17(20)13(2)18-15-7-5-6-14(10-15)11-23-3/h5-7,10,13,16,18H,4,8-9,11-12H2,1-3H3. The number of sulfone groups is 1. The number of carbonyl (C=O) groups is 1. The molecule has 134 valence electrons. The highest BCUT2D eigenvalue weighted by Crippen LogP contribution is 2.20. The number of nitrogens with one attached hydrogen (secondary N) is 1. The van der Waals surface area contributed by atoms with Crippen LogP contribution in [0.25, 0.3) is 0 Å². The van der Waals surface area contributed by atoms with E-state index in [0.29, 0.717) is 19.6 Å². The van der Waals surface area contributed by atoms with E-state index >= 15 is 0 Å². The molecule has 24 heavy (non-hydrogen) atoms. The molecule has 1 heterocycles. The molecule has 7 heteroatoms. The van der Waals surface area contributed by atoms with Crippen LogP contribution >= 0.6 is 0 Å². The minimum absolute atomic E-state index is 0.0720. The van der Waals surface area contributed by atoms with Gasteiger partial charge >= 0.3 is 0 Å². The highest BCUT2D eigenvalue weighted by atomic mass is 32.2. The Hall–Kier alpha value is -1.60. The number of rotatable bonds is 7. The van der Waals surface area contributed by atoms with Gasteiger partial charge in [0.05, 0.1) is 18.1 Å². The van der Waals surface area contributed by atoms with Gasteiger partial charge in [0.2, 0.25) is 5.91 Å². The van der Waals surface area contributed by atoms with Crippen molar-refractivity contribution in [3.8, 4) is 0 Å². The molecule has 1 saturated heterocycles. The minimum atomic E-state index is -3.01. The van der Waals surface area contributed by atoms with Crippen molar-refractivity contribution < 1.29 is 17.9 Å². The van der Waals surface area contributed by atoms with Crippen molar-refractivity contribution in [2.45, 2.75) is 39.0 Å². The number of anilines is 1. The Morgan fingerprint density at radius 1 is 1.46 bits per heavy atom. The summed E-state index contributed by atoms with van der Waals surface area (Å²) in [5.74, 6) is 0.169. The first-order valence-corrected chi connectivity index (χ1v) is 10.0. The quantitative estimate of drug-likeness (QED) is 0.806. The Morgan fingerprint density at radius 2 is 2.21 bits per heavy atom. The molecule has 1 amide bonds. The predicted molar refractivity (Wildman–Crippen MR) is 94.7 cm³/mol. The maximum atomic E-state index is 12.7. The van der Waals surface area contributed by atoms with Gasteiger partial charge in [-0.1, -0.05) is 12.1 Å². The Labute approximate surface area is 144 Å². The molecule has 2 atom stereocenters. The molecular formula is C17H26N2O4S. The molecule has 1 aliphatic rings. The van der Waals surface area contributed by atoms with Crippen LogP contribution in [0.1, 0.15) is 25.8 Å². The van der Waals surface area contributed by atoms with Crippen LogP contribution in [0.5, 0.6) is 0 Å². The molecule has 1 aromatic carbocycles. The number of methoxy groups -OCH3 is 1. The summed E-state index contributed by atoms with van der Waals surface area (Å²) in [7, 11) is -1.37. The third-order valence-electron chi connectivity index (χ3n) is 4.26. The summed E-state index contributed by atoms with van der Waals surface area (Å²) in [4.78, 5) is 14.4. The third kappa shape index (κ3) is 4.70. The van der Waals surface area contributed by atoms with Crippen molar-refractivity contribution in [2.24, 2.45) is 0 Å². The van der Waals surface area contributed by atoms with E-state index in [0.717, 1.165) is 11.3 Å². The topological polar surface area (TPSA) is 75.7 Å². The van der Waals surface area contributed by atoms with Crippen molar-refractivity contribution >= 4 is 21.4 Å². The Kier molecular flexibility index (Phi) is 6.23. The molecular weight excluding hydrogens is 328 g/mol. The van der Waals surface area contributed by atoms with Crippen LogP contribution in [0.15, 0.2) is 24.3 Å². The second-order valence-electron chi connectivity index (χ2n) is 6.18. The fourth-order valence-corrected chi connectivity index (χ4v) is 4.82. The van der Waals surface area contributed by atoms with Crippen LogP contribution in [-0.2, 0) is 26.0 Å². The Balaban J connectivity index is 2.03. The van der Waals surface area contributed by atoms with Gasteiger partial charge in [0, 0.05) is 25.4 Å². The Morgan fingerprint density at radius 3 is 2.79 bits per heavy atom. The predicted octanol–water partition coefficient (Wildman–Crippen LogP) is 1.67. The zero-order chi connectivity index (χ0) is 17.7. The average molecular weight is 354 g/mol. The molecule has 2 unspecified atom stereocenters. The molecule has 1 aliphatic heterocycles. The highest BCUT2D eigenvalue weighted by Gasteiger charge is 2.35. The number of nitrogens with zero attached hydrogens (tertiary/aromatic N) is 1. The lowest BCUT2D eigenvalue weighted by atomic mass is 10.1. The van der Waals surface area contributed by atoms with Gasteiger partial charge in [0.15, 0.2) is 9.84 Å². The lowest BCUT2D eigenvalue weighted by Gasteiger charge is -2.30. The molecule has 1 aromatic rings. The summed E-state index contributed by atoms with van der Waals surface area (Å²) in [6.07, 6.45) is 0.526. The summed E-state index contributed by atoms with van der Waals surface area (Å²) in [6.45, 7) is 4.71. The van der Waals surface area contributed by atoms with Crippen LogP contribution in [-0.4, -0.2) is 56.5 Å². The molecule has 0 bridgehead atoms. The largest absolute Gasteiger partial charge is 0.380 e. The average Bonchev–Trinajstić information content (AvgIpc) is 2.88. The van der Waals surface area contributed by atoms with Crippen molar-refractivity contribution in [2.75, 3.05) is 30.5 Å². The number of ether oxygens (including phenoxy) is 1. The van der Waals surface area contributed by atoms with Gasteiger partial charge in [-0.05, 0) is 38.0 Å². The summed E-state index contributed by atoms with van der Waals surface area (Å²) in [5.41, 5.74) is 1.87. The van der Waals surface area contributed by atoms with E-state index < -0.39 is 15.9 Å². The second-order valence-corrected chi connectivity index (χ2v) is 8.41. The fraction of sp³-hybridized carbons (Fsp3) is 0.588. The highest BCUT2D eigenvalue weighted by molar-refractivity contribution is 7.91. The maximum absolute atomic E-state index is 12.7. The van der Waals surface area contributed by atoms with Crippen molar-refractivity contribution in [1.29, 1.82) is 0 Å². The van der Waals surface area contributed by atoms with Crippen molar-refractivity contribution in [3.05, 3.63) is 29.8 Å². The van der Waals surface area contributed by atoms with E-state index in [1.54, 1.807) is 18.9 Å².